The van der Waals surface area contributed by atoms with Gasteiger partial charge in [-0.3, -0.25) is 0 Å². The van der Waals surface area contributed by atoms with Crippen LogP contribution in [0.25, 0.3) is 0 Å². The summed E-state index contributed by atoms with van der Waals surface area (Å²) in [6.45, 7) is 8.82. The Morgan fingerprint density at radius 2 is 1.76 bits per heavy atom. The highest BCUT2D eigenvalue weighted by Gasteiger charge is 2.10. The summed E-state index contributed by atoms with van der Waals surface area (Å²) in [5.74, 6) is -0.113. The standard InChI is InChI=1S/C11H22O5Si/c1-5-13-10(12)8-9(4)16-17-11(14-6-2)15-7-3/h8,11H,5-7,17H2,1-4H3. The third-order valence-corrected chi connectivity index (χ3v) is 3.13. The van der Waals surface area contributed by atoms with Gasteiger partial charge in [0, 0.05) is 13.2 Å². The first-order valence-electron chi connectivity index (χ1n) is 5.85. The summed E-state index contributed by atoms with van der Waals surface area (Å²) in [5, 5.41) is 0. The van der Waals surface area contributed by atoms with E-state index in [0.29, 0.717) is 25.6 Å². The second-order valence-corrected chi connectivity index (χ2v) is 4.45. The zero-order valence-electron chi connectivity index (χ0n) is 11.0. The van der Waals surface area contributed by atoms with Gasteiger partial charge in [-0.1, -0.05) is 0 Å². The average molecular weight is 262 g/mol. The van der Waals surface area contributed by atoms with Crippen LogP contribution in [0.5, 0.6) is 0 Å². The molecule has 0 fully saturated rings. The maximum absolute atomic E-state index is 11.1. The van der Waals surface area contributed by atoms with E-state index in [2.05, 4.69) is 0 Å². The van der Waals surface area contributed by atoms with Gasteiger partial charge in [-0.25, -0.2) is 4.79 Å². The molecule has 17 heavy (non-hydrogen) atoms. The third kappa shape index (κ3) is 8.90. The maximum atomic E-state index is 11.1. The molecule has 0 heterocycles. The van der Waals surface area contributed by atoms with E-state index in [-0.39, 0.29) is 11.9 Å². The van der Waals surface area contributed by atoms with E-state index in [0.717, 1.165) is 0 Å². The molecule has 5 nitrogen and oxygen atoms in total. The van der Waals surface area contributed by atoms with Gasteiger partial charge >= 0.3 is 5.97 Å². The predicted molar refractivity (Wildman–Crippen MR) is 67.1 cm³/mol. The monoisotopic (exact) mass is 262 g/mol. The van der Waals surface area contributed by atoms with Crippen molar-refractivity contribution in [2.75, 3.05) is 19.8 Å². The van der Waals surface area contributed by atoms with Gasteiger partial charge in [0.2, 0.25) is 0 Å². The van der Waals surface area contributed by atoms with Gasteiger partial charge in [0.05, 0.1) is 18.4 Å². The number of hydrogen-bond donors (Lipinski definition) is 0. The van der Waals surface area contributed by atoms with Crippen LogP contribution in [-0.4, -0.2) is 41.5 Å². The number of carbonyl (C=O) groups excluding carboxylic acids is 1. The van der Waals surface area contributed by atoms with E-state index in [9.17, 15) is 4.79 Å². The summed E-state index contributed by atoms with van der Waals surface area (Å²) >= 11 is 0. The number of carbonyl (C=O) groups is 1. The van der Waals surface area contributed by atoms with Crippen molar-refractivity contribution in [2.24, 2.45) is 0 Å². The van der Waals surface area contributed by atoms with Gasteiger partial charge in [-0.2, -0.15) is 0 Å². The topological polar surface area (TPSA) is 54.0 Å². The lowest BCUT2D eigenvalue weighted by atomic mass is 10.5. The van der Waals surface area contributed by atoms with Crippen LogP contribution >= 0.6 is 0 Å². The first kappa shape index (κ1) is 16.1. The molecule has 100 valence electrons. The Bertz CT molecular complexity index is 236. The van der Waals surface area contributed by atoms with Crippen molar-refractivity contribution in [3.8, 4) is 0 Å². The fraction of sp³-hybridized carbons (Fsp3) is 0.727. The van der Waals surface area contributed by atoms with Crippen molar-refractivity contribution in [3.05, 3.63) is 11.8 Å². The largest absolute Gasteiger partial charge is 0.547 e. The molecule has 0 radical (unpaired) electrons. The van der Waals surface area contributed by atoms with Gasteiger partial charge in [0.25, 0.3) is 9.76 Å². The highest BCUT2D eigenvalue weighted by atomic mass is 28.2. The van der Waals surface area contributed by atoms with E-state index in [4.69, 9.17) is 18.6 Å². The van der Waals surface area contributed by atoms with Crippen LogP contribution < -0.4 is 0 Å². The van der Waals surface area contributed by atoms with Crippen molar-refractivity contribution in [1.29, 1.82) is 0 Å². The normalized spacial score (nSPS) is 12.4. The van der Waals surface area contributed by atoms with Crippen molar-refractivity contribution >= 4 is 15.7 Å². The Labute approximate surface area is 105 Å². The molecule has 0 amide bonds. The Morgan fingerprint density at radius 1 is 1.18 bits per heavy atom. The molecule has 0 bridgehead atoms. The Hall–Kier alpha value is -0.853. The van der Waals surface area contributed by atoms with Crippen LogP contribution in [0.3, 0.4) is 0 Å². The van der Waals surface area contributed by atoms with Crippen LogP contribution in [0.15, 0.2) is 11.8 Å². The number of allylic oxidation sites excluding steroid dienone is 1. The van der Waals surface area contributed by atoms with Gasteiger partial charge < -0.3 is 18.6 Å². The van der Waals surface area contributed by atoms with E-state index in [1.807, 2.05) is 13.8 Å². The lowest BCUT2D eigenvalue weighted by Gasteiger charge is -2.17. The van der Waals surface area contributed by atoms with Gasteiger partial charge in [0.15, 0.2) is 5.91 Å². The zero-order valence-corrected chi connectivity index (χ0v) is 12.4. The van der Waals surface area contributed by atoms with Crippen LogP contribution in [-0.2, 0) is 23.4 Å². The molecule has 0 saturated carbocycles. The first-order chi connectivity index (χ1) is 8.13. The van der Waals surface area contributed by atoms with Gasteiger partial charge in [-0.15, -0.1) is 0 Å². The lowest BCUT2D eigenvalue weighted by molar-refractivity contribution is -0.137. The second-order valence-electron chi connectivity index (χ2n) is 3.16. The summed E-state index contributed by atoms with van der Waals surface area (Å²) in [6, 6.07) is 0. The molecule has 0 rings (SSSR count). The molecule has 0 N–H and O–H groups in total. The minimum Gasteiger partial charge on any atom is -0.547 e. The Kier molecular flexibility index (Phi) is 9.79. The lowest BCUT2D eigenvalue weighted by Crippen LogP contribution is -2.26. The van der Waals surface area contributed by atoms with Gasteiger partial charge in [-0.05, 0) is 27.7 Å². The number of ether oxygens (including phenoxy) is 3. The molecule has 0 aromatic rings. The highest BCUT2D eigenvalue weighted by molar-refractivity contribution is 6.28. The van der Waals surface area contributed by atoms with Crippen LogP contribution in [0.1, 0.15) is 27.7 Å². The SMILES string of the molecule is CCOC(=O)C=C(C)O[SiH2]C(OCC)OCC. The van der Waals surface area contributed by atoms with Gasteiger partial charge in [0.1, 0.15) is 0 Å². The Morgan fingerprint density at radius 3 is 2.24 bits per heavy atom. The van der Waals surface area contributed by atoms with Crippen LogP contribution in [0.4, 0.5) is 0 Å². The number of esters is 1. The van der Waals surface area contributed by atoms with E-state index >= 15 is 0 Å². The molecule has 0 aromatic heterocycles. The predicted octanol–water partition coefficient (Wildman–Crippen LogP) is 0.910. The van der Waals surface area contributed by atoms with Crippen molar-refractivity contribution < 1.29 is 23.4 Å². The van der Waals surface area contributed by atoms with Crippen LogP contribution in [0, 0.1) is 0 Å². The maximum Gasteiger partial charge on any atom is 0.334 e. The molecule has 0 spiro atoms. The fourth-order valence-electron chi connectivity index (χ4n) is 1.11. The molecular formula is C11H22O5Si. The van der Waals surface area contributed by atoms with E-state index in [1.54, 1.807) is 13.8 Å². The molecule has 0 atom stereocenters. The Balaban J connectivity index is 4.01. The van der Waals surface area contributed by atoms with Crippen molar-refractivity contribution in [3.63, 3.8) is 0 Å². The molecule has 0 aromatic carbocycles. The minimum atomic E-state index is -1.02. The quantitative estimate of drug-likeness (QED) is 0.203. The molecular weight excluding hydrogens is 240 g/mol. The molecule has 0 aliphatic heterocycles. The fourth-order valence-corrected chi connectivity index (χ4v) is 2.25. The van der Waals surface area contributed by atoms with E-state index < -0.39 is 9.76 Å². The summed E-state index contributed by atoms with van der Waals surface area (Å²) in [4.78, 5) is 11.1. The third-order valence-electron chi connectivity index (χ3n) is 1.76. The highest BCUT2D eigenvalue weighted by Crippen LogP contribution is 2.00. The summed E-state index contributed by atoms with van der Waals surface area (Å²) in [7, 11) is -1.02. The molecule has 0 saturated heterocycles. The number of hydrogen-bond acceptors (Lipinski definition) is 5. The molecule has 0 unspecified atom stereocenters. The smallest absolute Gasteiger partial charge is 0.334 e. The number of rotatable bonds is 9. The van der Waals surface area contributed by atoms with E-state index in [1.165, 1.54) is 6.08 Å². The first-order valence-corrected chi connectivity index (χ1v) is 7.24. The van der Waals surface area contributed by atoms with Crippen molar-refractivity contribution in [1.82, 2.24) is 0 Å². The average Bonchev–Trinajstić information content (AvgIpc) is 2.27. The summed E-state index contributed by atoms with van der Waals surface area (Å²) in [5.41, 5.74) is 0. The molecule has 6 heteroatoms. The second kappa shape index (κ2) is 10.3. The van der Waals surface area contributed by atoms with Crippen LogP contribution in [0.2, 0.25) is 0 Å². The summed E-state index contributed by atoms with van der Waals surface area (Å²) < 4.78 is 21.0. The zero-order chi connectivity index (χ0) is 13.1. The molecule has 0 aliphatic rings. The summed E-state index contributed by atoms with van der Waals surface area (Å²) in [6.07, 6.45) is 1.34. The minimum absolute atomic E-state index is 0.268. The van der Waals surface area contributed by atoms with Crippen molar-refractivity contribution in [2.45, 2.75) is 33.6 Å². The molecule has 0 aliphatic carbocycles.